The van der Waals surface area contributed by atoms with Gasteiger partial charge in [0.25, 0.3) is 10.0 Å². The number of anilines is 1. The van der Waals surface area contributed by atoms with E-state index in [-0.39, 0.29) is 27.1 Å². The molecular formula is C24H20F3N3O3S. The highest BCUT2D eigenvalue weighted by Gasteiger charge is 2.57. The van der Waals surface area contributed by atoms with Crippen LogP contribution in [0, 0.1) is 5.41 Å². The van der Waals surface area contributed by atoms with Crippen LogP contribution in [0.5, 0.6) is 0 Å². The Bertz CT molecular complexity index is 1480. The summed E-state index contributed by atoms with van der Waals surface area (Å²) in [6.45, 7) is 0. The number of sulfonamides is 1. The Morgan fingerprint density at radius 1 is 1.00 bits per heavy atom. The molecule has 1 unspecified atom stereocenters. The van der Waals surface area contributed by atoms with Gasteiger partial charge in [0.2, 0.25) is 5.60 Å². The van der Waals surface area contributed by atoms with Crippen LogP contribution in [0.1, 0.15) is 16.7 Å². The van der Waals surface area contributed by atoms with Gasteiger partial charge in [0, 0.05) is 41.5 Å². The molecular weight excluding hydrogens is 467 g/mol. The lowest BCUT2D eigenvalue weighted by molar-refractivity contribution is -0.247. The van der Waals surface area contributed by atoms with E-state index >= 15 is 0 Å². The quantitative estimate of drug-likeness (QED) is 0.342. The van der Waals surface area contributed by atoms with Crippen LogP contribution in [0.2, 0.25) is 0 Å². The molecule has 3 aromatic carbocycles. The smallest absolute Gasteiger partial charge is 0.372 e. The number of nitrogens with zero attached hydrogens (tertiary/aromatic N) is 1. The van der Waals surface area contributed by atoms with Gasteiger partial charge in [-0.05, 0) is 35.9 Å². The maximum atomic E-state index is 14.4. The number of para-hydroxylation sites is 1. The molecule has 1 heterocycles. The molecule has 0 aliphatic carbocycles. The Hall–Kier alpha value is -3.63. The Morgan fingerprint density at radius 2 is 1.65 bits per heavy atom. The van der Waals surface area contributed by atoms with E-state index in [0.29, 0.717) is 5.52 Å². The SMILES string of the molecule is Cn1cc(C(O)(c2ccc(NS(=O)(=O)c3ccccc3)c(C=N)c2)C(F)(F)F)c2ccccc21. The Kier molecular flexibility index (Phi) is 5.74. The van der Waals surface area contributed by atoms with E-state index in [0.717, 1.165) is 24.4 Å². The van der Waals surface area contributed by atoms with Crippen molar-refractivity contribution in [3.05, 3.63) is 95.7 Å². The van der Waals surface area contributed by atoms with Crippen molar-refractivity contribution in [3.63, 3.8) is 0 Å². The number of benzene rings is 3. The summed E-state index contributed by atoms with van der Waals surface area (Å²) in [6, 6.07) is 16.9. The third-order valence-corrected chi connectivity index (χ3v) is 7.00. The first-order valence-electron chi connectivity index (χ1n) is 10.1. The van der Waals surface area contributed by atoms with Crippen LogP contribution in [0.15, 0.2) is 83.9 Å². The highest BCUT2D eigenvalue weighted by molar-refractivity contribution is 7.92. The number of hydrogen-bond acceptors (Lipinski definition) is 4. The zero-order valence-electron chi connectivity index (χ0n) is 17.8. The molecule has 1 atom stereocenters. The molecule has 176 valence electrons. The van der Waals surface area contributed by atoms with Gasteiger partial charge in [0.05, 0.1) is 10.6 Å². The fourth-order valence-electron chi connectivity index (χ4n) is 3.91. The number of alkyl halides is 3. The maximum absolute atomic E-state index is 14.4. The van der Waals surface area contributed by atoms with E-state index in [1.807, 2.05) is 0 Å². The summed E-state index contributed by atoms with van der Waals surface area (Å²) in [5, 5.41) is 19.1. The van der Waals surface area contributed by atoms with Gasteiger partial charge >= 0.3 is 6.18 Å². The fraction of sp³-hybridized carbons (Fsp3) is 0.125. The third kappa shape index (κ3) is 3.84. The Morgan fingerprint density at radius 3 is 2.29 bits per heavy atom. The van der Waals surface area contributed by atoms with Crippen LogP contribution in [0.4, 0.5) is 18.9 Å². The summed E-state index contributed by atoms with van der Waals surface area (Å²) in [4.78, 5) is -0.0439. The molecule has 0 bridgehead atoms. The van der Waals surface area contributed by atoms with Crippen LogP contribution in [-0.2, 0) is 22.7 Å². The molecule has 10 heteroatoms. The summed E-state index contributed by atoms with van der Waals surface area (Å²) in [5.74, 6) is 0. The lowest BCUT2D eigenvalue weighted by atomic mass is 9.84. The largest absolute Gasteiger partial charge is 0.425 e. The summed E-state index contributed by atoms with van der Waals surface area (Å²) in [5.41, 5.74) is -4.04. The summed E-state index contributed by atoms with van der Waals surface area (Å²) in [6.07, 6.45) is -3.16. The first-order chi connectivity index (χ1) is 16.0. The Labute approximate surface area is 193 Å². The van der Waals surface area contributed by atoms with Crippen molar-refractivity contribution in [1.29, 1.82) is 5.41 Å². The van der Waals surface area contributed by atoms with Crippen LogP contribution in [-0.4, -0.2) is 30.5 Å². The second-order valence-electron chi connectivity index (χ2n) is 7.74. The number of halogens is 3. The second-order valence-corrected chi connectivity index (χ2v) is 9.43. The molecule has 0 aliphatic rings. The fourth-order valence-corrected chi connectivity index (χ4v) is 5.01. The second kappa shape index (κ2) is 8.30. The van der Waals surface area contributed by atoms with E-state index in [1.165, 1.54) is 41.1 Å². The first kappa shape index (κ1) is 23.5. The van der Waals surface area contributed by atoms with E-state index in [4.69, 9.17) is 5.41 Å². The topological polar surface area (TPSA) is 95.2 Å². The van der Waals surface area contributed by atoms with Crippen LogP contribution >= 0.6 is 0 Å². The molecule has 0 radical (unpaired) electrons. The summed E-state index contributed by atoms with van der Waals surface area (Å²) < 4.78 is 72.4. The number of aryl methyl sites for hydroxylation is 1. The summed E-state index contributed by atoms with van der Waals surface area (Å²) in [7, 11) is -2.47. The van der Waals surface area contributed by atoms with Gasteiger partial charge in [0.15, 0.2) is 0 Å². The van der Waals surface area contributed by atoms with Crippen molar-refractivity contribution in [1.82, 2.24) is 4.57 Å². The van der Waals surface area contributed by atoms with Crippen LogP contribution in [0.25, 0.3) is 10.9 Å². The molecule has 0 saturated carbocycles. The third-order valence-electron chi connectivity index (χ3n) is 5.62. The molecule has 0 fully saturated rings. The average Bonchev–Trinajstić information content (AvgIpc) is 3.15. The molecule has 0 spiro atoms. The highest BCUT2D eigenvalue weighted by Crippen LogP contribution is 2.47. The molecule has 0 aliphatic heterocycles. The van der Waals surface area contributed by atoms with Gasteiger partial charge < -0.3 is 15.1 Å². The molecule has 0 amide bonds. The molecule has 34 heavy (non-hydrogen) atoms. The number of aromatic nitrogens is 1. The lowest BCUT2D eigenvalue weighted by Gasteiger charge is -2.31. The number of rotatable bonds is 6. The van der Waals surface area contributed by atoms with Crippen molar-refractivity contribution in [2.24, 2.45) is 7.05 Å². The zero-order valence-corrected chi connectivity index (χ0v) is 18.7. The zero-order chi connectivity index (χ0) is 24.7. The lowest BCUT2D eigenvalue weighted by Crippen LogP contribution is -2.43. The normalized spacial score (nSPS) is 14.0. The van der Waals surface area contributed by atoms with Crippen molar-refractivity contribution in [2.45, 2.75) is 16.7 Å². The first-order valence-corrected chi connectivity index (χ1v) is 11.5. The average molecular weight is 488 g/mol. The molecule has 3 N–H and O–H groups in total. The predicted molar refractivity (Wildman–Crippen MR) is 124 cm³/mol. The number of nitrogens with one attached hydrogen (secondary N) is 2. The number of hydrogen-bond donors (Lipinski definition) is 3. The van der Waals surface area contributed by atoms with Gasteiger partial charge in [-0.3, -0.25) is 4.72 Å². The predicted octanol–water partition coefficient (Wildman–Crippen LogP) is 4.77. The summed E-state index contributed by atoms with van der Waals surface area (Å²) >= 11 is 0. The van der Waals surface area contributed by atoms with Gasteiger partial charge in [-0.25, -0.2) is 8.42 Å². The van der Waals surface area contributed by atoms with Crippen molar-refractivity contribution in [3.8, 4) is 0 Å². The van der Waals surface area contributed by atoms with Crippen LogP contribution in [0.3, 0.4) is 0 Å². The minimum atomic E-state index is -5.11. The standard InChI is InChI=1S/C24H20F3N3O3S/c1-30-15-20(19-9-5-6-10-22(19)30)23(31,24(25,26)27)17-11-12-21(16(13-17)14-28)29-34(32,33)18-7-3-2-4-8-18/h2-15,28-29,31H,1H3. The van der Waals surface area contributed by atoms with E-state index in [1.54, 1.807) is 31.3 Å². The minimum absolute atomic E-state index is 0.0439. The van der Waals surface area contributed by atoms with Gasteiger partial charge in [0.1, 0.15) is 0 Å². The van der Waals surface area contributed by atoms with E-state index < -0.39 is 27.4 Å². The van der Waals surface area contributed by atoms with Gasteiger partial charge in [-0.2, -0.15) is 13.2 Å². The van der Waals surface area contributed by atoms with Crippen molar-refractivity contribution >= 4 is 32.8 Å². The maximum Gasteiger partial charge on any atom is 0.425 e. The van der Waals surface area contributed by atoms with E-state index in [2.05, 4.69) is 4.72 Å². The molecule has 4 aromatic rings. The van der Waals surface area contributed by atoms with Crippen LogP contribution < -0.4 is 4.72 Å². The van der Waals surface area contributed by atoms with Crippen molar-refractivity contribution < 1.29 is 26.7 Å². The Balaban J connectivity index is 1.86. The van der Waals surface area contributed by atoms with Gasteiger partial charge in [-0.15, -0.1) is 0 Å². The molecule has 6 nitrogen and oxygen atoms in total. The number of aliphatic hydroxyl groups is 1. The number of fused-ring (bicyclic) bond motifs is 1. The minimum Gasteiger partial charge on any atom is -0.372 e. The highest BCUT2D eigenvalue weighted by atomic mass is 32.2. The molecule has 4 rings (SSSR count). The molecule has 1 aromatic heterocycles. The van der Waals surface area contributed by atoms with Gasteiger partial charge in [-0.1, -0.05) is 42.5 Å². The van der Waals surface area contributed by atoms with E-state index in [9.17, 15) is 26.7 Å². The monoisotopic (exact) mass is 487 g/mol. The van der Waals surface area contributed by atoms with Crippen molar-refractivity contribution in [2.75, 3.05) is 4.72 Å². The molecule has 0 saturated heterocycles.